The van der Waals surface area contributed by atoms with Crippen LogP contribution in [0, 0.1) is 0 Å². The third-order valence-electron chi connectivity index (χ3n) is 1.48. The third kappa shape index (κ3) is 7.61. The van der Waals surface area contributed by atoms with E-state index in [4.69, 9.17) is 11.6 Å². The Morgan fingerprint density at radius 1 is 1.38 bits per heavy atom. The molecule has 72 valence electrons. The average molecular weight is 197 g/mol. The van der Waals surface area contributed by atoms with Crippen molar-refractivity contribution in [1.82, 2.24) is 0 Å². The van der Waals surface area contributed by atoms with Crippen molar-refractivity contribution in [3.63, 3.8) is 0 Å². The van der Waals surface area contributed by atoms with Gasteiger partial charge in [-0.25, -0.2) is 0 Å². The van der Waals surface area contributed by atoms with Crippen LogP contribution in [0.3, 0.4) is 0 Å². The highest BCUT2D eigenvalue weighted by molar-refractivity contribution is 6.17. The van der Waals surface area contributed by atoms with E-state index in [-0.39, 0.29) is 0 Å². The Hall–Kier alpha value is -0.750. The van der Waals surface area contributed by atoms with Gasteiger partial charge in [-0.2, -0.15) is 0 Å². The lowest BCUT2D eigenvalue weighted by Gasteiger charge is -1.89. The van der Waals surface area contributed by atoms with E-state index in [9.17, 15) is 0 Å². The van der Waals surface area contributed by atoms with Gasteiger partial charge in [-0.15, -0.1) is 11.6 Å². The SMILES string of the molecule is C=CC(/C=C\CCCl)=C/C=C\CC. The summed E-state index contributed by atoms with van der Waals surface area (Å²) >= 11 is 5.54. The average Bonchev–Trinajstić information content (AvgIpc) is 2.16. The van der Waals surface area contributed by atoms with Crippen LogP contribution in [0.5, 0.6) is 0 Å². The van der Waals surface area contributed by atoms with Crippen molar-refractivity contribution in [2.75, 3.05) is 5.88 Å². The van der Waals surface area contributed by atoms with Crippen molar-refractivity contribution in [2.24, 2.45) is 0 Å². The first-order valence-corrected chi connectivity index (χ1v) is 5.10. The van der Waals surface area contributed by atoms with E-state index in [0.717, 1.165) is 18.4 Å². The van der Waals surface area contributed by atoms with Crippen LogP contribution in [0.2, 0.25) is 0 Å². The van der Waals surface area contributed by atoms with E-state index < -0.39 is 0 Å². The van der Waals surface area contributed by atoms with Crippen LogP contribution in [0.4, 0.5) is 0 Å². The van der Waals surface area contributed by atoms with Gasteiger partial charge in [-0.3, -0.25) is 0 Å². The number of alkyl halides is 1. The fourth-order valence-corrected chi connectivity index (χ4v) is 0.915. The molecule has 0 saturated heterocycles. The first-order chi connectivity index (χ1) is 6.35. The Bertz CT molecular complexity index is 209. The van der Waals surface area contributed by atoms with Crippen LogP contribution < -0.4 is 0 Å². The molecule has 0 heterocycles. The van der Waals surface area contributed by atoms with E-state index in [0.29, 0.717) is 5.88 Å². The second kappa shape index (κ2) is 9.34. The summed E-state index contributed by atoms with van der Waals surface area (Å²) in [5.74, 6) is 0.672. The molecule has 0 saturated carbocycles. The molecular formula is C12H17Cl. The van der Waals surface area contributed by atoms with Gasteiger partial charge in [0, 0.05) is 5.88 Å². The van der Waals surface area contributed by atoms with Crippen LogP contribution >= 0.6 is 11.6 Å². The fourth-order valence-electron chi connectivity index (χ4n) is 0.789. The molecule has 0 aromatic carbocycles. The lowest BCUT2D eigenvalue weighted by molar-refractivity contribution is 1.22. The van der Waals surface area contributed by atoms with Crippen molar-refractivity contribution >= 4 is 11.6 Å². The molecule has 1 heteroatoms. The number of hydrogen-bond donors (Lipinski definition) is 0. The highest BCUT2D eigenvalue weighted by Crippen LogP contribution is 2.00. The largest absolute Gasteiger partial charge is 0.126 e. The lowest BCUT2D eigenvalue weighted by atomic mass is 10.2. The molecule has 0 nitrogen and oxygen atoms in total. The second-order valence-electron chi connectivity index (χ2n) is 2.59. The Morgan fingerprint density at radius 3 is 2.69 bits per heavy atom. The van der Waals surface area contributed by atoms with E-state index in [1.165, 1.54) is 0 Å². The smallest absolute Gasteiger partial charge is 0.0258 e. The summed E-state index contributed by atoms with van der Waals surface area (Å²) in [4.78, 5) is 0. The summed E-state index contributed by atoms with van der Waals surface area (Å²) in [5, 5.41) is 0. The van der Waals surface area contributed by atoms with Crippen molar-refractivity contribution in [3.8, 4) is 0 Å². The molecule has 0 N–H and O–H groups in total. The number of allylic oxidation sites excluding steroid dienone is 7. The van der Waals surface area contributed by atoms with E-state index in [1.807, 2.05) is 24.3 Å². The minimum absolute atomic E-state index is 0.672. The molecule has 0 aliphatic carbocycles. The maximum atomic E-state index is 5.54. The first-order valence-electron chi connectivity index (χ1n) is 4.57. The summed E-state index contributed by atoms with van der Waals surface area (Å²) in [6, 6.07) is 0. The van der Waals surface area contributed by atoms with Crippen LogP contribution in [-0.4, -0.2) is 5.88 Å². The Balaban J connectivity index is 4.08. The molecule has 0 atom stereocenters. The topological polar surface area (TPSA) is 0 Å². The van der Waals surface area contributed by atoms with E-state index in [1.54, 1.807) is 0 Å². The van der Waals surface area contributed by atoms with Gasteiger partial charge < -0.3 is 0 Å². The normalized spacial score (nSPS) is 12.9. The van der Waals surface area contributed by atoms with Crippen molar-refractivity contribution in [1.29, 1.82) is 0 Å². The van der Waals surface area contributed by atoms with Gasteiger partial charge in [0.15, 0.2) is 0 Å². The van der Waals surface area contributed by atoms with Crippen LogP contribution in [0.15, 0.2) is 48.6 Å². The van der Waals surface area contributed by atoms with Crippen molar-refractivity contribution in [3.05, 3.63) is 48.6 Å². The molecular weight excluding hydrogens is 180 g/mol. The summed E-state index contributed by atoms with van der Waals surface area (Å²) in [6.07, 6.45) is 14.1. The predicted molar refractivity (Wildman–Crippen MR) is 62.2 cm³/mol. The summed E-state index contributed by atoms with van der Waals surface area (Å²) in [6.45, 7) is 5.84. The minimum Gasteiger partial charge on any atom is -0.126 e. The summed E-state index contributed by atoms with van der Waals surface area (Å²) < 4.78 is 0. The lowest BCUT2D eigenvalue weighted by Crippen LogP contribution is -1.71. The van der Waals surface area contributed by atoms with Gasteiger partial charge in [0.05, 0.1) is 0 Å². The highest BCUT2D eigenvalue weighted by Gasteiger charge is 1.81. The zero-order valence-corrected chi connectivity index (χ0v) is 8.93. The zero-order valence-electron chi connectivity index (χ0n) is 8.17. The molecule has 0 fully saturated rings. The van der Waals surface area contributed by atoms with Gasteiger partial charge in [0.1, 0.15) is 0 Å². The molecule has 0 radical (unpaired) electrons. The second-order valence-corrected chi connectivity index (χ2v) is 2.97. The number of rotatable bonds is 6. The van der Waals surface area contributed by atoms with Crippen LogP contribution in [0.25, 0.3) is 0 Å². The van der Waals surface area contributed by atoms with E-state index in [2.05, 4.69) is 25.7 Å². The minimum atomic E-state index is 0.672. The standard InChI is InChI=1S/C12H17Cl/c1-3-5-6-9-12(4-2)10-7-8-11-13/h4-7,9-10H,2-3,8,11H2,1H3/b6-5-,10-7-,12-9-. The summed E-state index contributed by atoms with van der Waals surface area (Å²) in [7, 11) is 0. The van der Waals surface area contributed by atoms with Gasteiger partial charge >= 0.3 is 0 Å². The van der Waals surface area contributed by atoms with Gasteiger partial charge in [-0.1, -0.05) is 50.0 Å². The Morgan fingerprint density at radius 2 is 2.15 bits per heavy atom. The van der Waals surface area contributed by atoms with Gasteiger partial charge in [0.25, 0.3) is 0 Å². The molecule has 0 unspecified atom stereocenters. The van der Waals surface area contributed by atoms with Crippen molar-refractivity contribution < 1.29 is 0 Å². The number of hydrogen-bond acceptors (Lipinski definition) is 0. The third-order valence-corrected chi connectivity index (χ3v) is 1.70. The Kier molecular flexibility index (Phi) is 8.80. The van der Waals surface area contributed by atoms with Crippen LogP contribution in [-0.2, 0) is 0 Å². The molecule has 0 bridgehead atoms. The molecule has 13 heavy (non-hydrogen) atoms. The van der Waals surface area contributed by atoms with Gasteiger partial charge in [-0.05, 0) is 18.4 Å². The monoisotopic (exact) mass is 196 g/mol. The molecule has 0 aromatic rings. The molecule has 0 aliphatic rings. The molecule has 0 spiro atoms. The first kappa shape index (κ1) is 12.2. The van der Waals surface area contributed by atoms with Crippen LogP contribution in [0.1, 0.15) is 19.8 Å². The Labute approximate surface area is 86.3 Å². The highest BCUT2D eigenvalue weighted by atomic mass is 35.5. The molecule has 0 rings (SSSR count). The number of halogens is 1. The van der Waals surface area contributed by atoms with Crippen molar-refractivity contribution in [2.45, 2.75) is 19.8 Å². The molecule has 0 aliphatic heterocycles. The molecule has 0 aromatic heterocycles. The summed E-state index contributed by atoms with van der Waals surface area (Å²) in [5.41, 5.74) is 1.12. The predicted octanol–water partition coefficient (Wildman–Crippen LogP) is 4.25. The maximum absolute atomic E-state index is 5.54. The van der Waals surface area contributed by atoms with Gasteiger partial charge in [0.2, 0.25) is 0 Å². The van der Waals surface area contributed by atoms with E-state index >= 15 is 0 Å². The quantitative estimate of drug-likeness (QED) is 0.440. The fraction of sp³-hybridized carbons (Fsp3) is 0.333. The zero-order chi connectivity index (χ0) is 9.94. The maximum Gasteiger partial charge on any atom is 0.0258 e. The molecule has 0 amide bonds.